The lowest BCUT2D eigenvalue weighted by Gasteiger charge is -2.26. The van der Waals surface area contributed by atoms with Gasteiger partial charge in [-0.15, -0.1) is 0 Å². The van der Waals surface area contributed by atoms with Crippen LogP contribution in [0.2, 0.25) is 0 Å². The molecule has 0 aromatic carbocycles. The normalized spacial score (nSPS) is 12.9. The Hall–Kier alpha value is -1.36. The average molecular weight is 688 g/mol. The van der Waals surface area contributed by atoms with E-state index in [1.807, 2.05) is 6.20 Å². The van der Waals surface area contributed by atoms with Crippen molar-refractivity contribution in [2.45, 2.75) is 227 Å². The molecule has 0 aliphatic carbocycles. The summed E-state index contributed by atoms with van der Waals surface area (Å²) in [4.78, 5) is 20.4. The van der Waals surface area contributed by atoms with Crippen molar-refractivity contribution in [1.82, 2.24) is 14.5 Å². The molecule has 0 N–H and O–H groups in total. The lowest BCUT2D eigenvalue weighted by molar-refractivity contribution is -0.149. The molecule has 0 aliphatic heterocycles. The van der Waals surface area contributed by atoms with E-state index in [4.69, 9.17) is 9.72 Å². The van der Waals surface area contributed by atoms with Crippen molar-refractivity contribution in [3.05, 3.63) is 18.2 Å². The molecule has 0 spiro atoms. The fourth-order valence-corrected chi connectivity index (χ4v) is 7.33. The molecule has 1 rings (SSSR count). The summed E-state index contributed by atoms with van der Waals surface area (Å²) in [7, 11) is 0. The zero-order valence-corrected chi connectivity index (χ0v) is 33.8. The molecule has 5 heteroatoms. The molecule has 0 fully saturated rings. The van der Waals surface area contributed by atoms with Gasteiger partial charge in [0.25, 0.3) is 0 Å². The van der Waals surface area contributed by atoms with Crippen LogP contribution < -0.4 is 0 Å². The number of ether oxygens (including phenoxy) is 1. The molecule has 0 bridgehead atoms. The number of hydrogen-bond donors (Lipinski definition) is 0. The quantitative estimate of drug-likeness (QED) is 0.0516. The number of rotatable bonds is 37. The van der Waals surface area contributed by atoms with Crippen molar-refractivity contribution < 1.29 is 9.53 Å². The fourth-order valence-electron chi connectivity index (χ4n) is 7.33. The summed E-state index contributed by atoms with van der Waals surface area (Å²) in [5, 5.41) is 0. The van der Waals surface area contributed by atoms with Crippen LogP contribution in [0.25, 0.3) is 0 Å². The summed E-state index contributed by atoms with van der Waals surface area (Å²) < 4.78 is 8.22. The van der Waals surface area contributed by atoms with E-state index in [0.717, 1.165) is 64.7 Å². The fraction of sp³-hybridized carbons (Fsp3) is 0.909. The molecular formula is C44H85N3O2. The lowest BCUT2D eigenvalue weighted by Crippen LogP contribution is -2.30. The van der Waals surface area contributed by atoms with Gasteiger partial charge >= 0.3 is 5.97 Å². The van der Waals surface area contributed by atoms with Crippen LogP contribution >= 0.6 is 0 Å². The van der Waals surface area contributed by atoms with Crippen molar-refractivity contribution in [1.29, 1.82) is 0 Å². The van der Waals surface area contributed by atoms with Crippen LogP contribution in [0.3, 0.4) is 0 Å². The van der Waals surface area contributed by atoms with Gasteiger partial charge in [-0.1, -0.05) is 176 Å². The Morgan fingerprint density at radius 2 is 1.14 bits per heavy atom. The number of nitrogens with zero attached hydrogens (tertiary/aromatic N) is 3. The van der Waals surface area contributed by atoms with E-state index in [1.54, 1.807) is 0 Å². The zero-order valence-electron chi connectivity index (χ0n) is 33.8. The minimum absolute atomic E-state index is 0.0789. The highest BCUT2D eigenvalue weighted by Crippen LogP contribution is 2.21. The first-order chi connectivity index (χ1) is 24.0. The number of unbranched alkanes of at least 4 members (excludes halogenated alkanes) is 20. The first kappa shape index (κ1) is 45.7. The molecule has 0 aliphatic rings. The van der Waals surface area contributed by atoms with Gasteiger partial charge in [-0.25, -0.2) is 4.98 Å². The van der Waals surface area contributed by atoms with Crippen molar-refractivity contribution >= 4 is 5.97 Å². The molecule has 1 aromatic heterocycles. The highest BCUT2D eigenvalue weighted by atomic mass is 16.5. The Bertz CT molecular complexity index is 840. The van der Waals surface area contributed by atoms with Gasteiger partial charge in [-0.3, -0.25) is 9.69 Å². The van der Waals surface area contributed by atoms with Crippen LogP contribution in [0.15, 0.2) is 12.4 Å². The number of aromatic nitrogens is 2. The van der Waals surface area contributed by atoms with Crippen LogP contribution in [-0.4, -0.2) is 40.1 Å². The van der Waals surface area contributed by atoms with Crippen LogP contribution in [-0.2, 0) is 22.6 Å². The number of aryl methyl sites for hydroxylation is 1. The Balaban J connectivity index is 2.41. The summed E-state index contributed by atoms with van der Waals surface area (Å²) >= 11 is 0. The van der Waals surface area contributed by atoms with Crippen molar-refractivity contribution in [3.63, 3.8) is 0 Å². The number of carbonyl (C=O) groups is 1. The zero-order chi connectivity index (χ0) is 35.6. The van der Waals surface area contributed by atoms with E-state index in [0.29, 0.717) is 12.5 Å². The first-order valence-corrected chi connectivity index (χ1v) is 21.9. The molecule has 2 unspecified atom stereocenters. The molecule has 5 nitrogen and oxygen atoms in total. The predicted octanol–water partition coefficient (Wildman–Crippen LogP) is 13.5. The lowest BCUT2D eigenvalue weighted by atomic mass is 9.94. The van der Waals surface area contributed by atoms with Crippen molar-refractivity contribution in [2.75, 3.05) is 19.7 Å². The monoisotopic (exact) mass is 688 g/mol. The van der Waals surface area contributed by atoms with E-state index in [2.05, 4.69) is 50.3 Å². The SMILES string of the molecule is CCCCCCCCCCCCC(C)CN(CCCCCCOC(=O)C(CCCCCC)CCCCCCCC)Cc1nccn1CCC. The standard InChI is InChI=1S/C44H85N3O2/c1-6-10-13-16-18-19-20-21-22-26-31-41(5)39-46(40-43-45-34-37-47(43)35-9-4)36-29-24-25-30-38-49-44(48)42(32-27-15-12-8-3)33-28-23-17-14-11-7-2/h34,37,41-42H,6-33,35-36,38-40H2,1-5H3. The van der Waals surface area contributed by atoms with E-state index in [-0.39, 0.29) is 11.9 Å². The first-order valence-electron chi connectivity index (χ1n) is 21.9. The smallest absolute Gasteiger partial charge is 0.308 e. The Morgan fingerprint density at radius 1 is 0.653 bits per heavy atom. The highest BCUT2D eigenvalue weighted by Gasteiger charge is 2.19. The van der Waals surface area contributed by atoms with Gasteiger partial charge in [-0.05, 0) is 51.0 Å². The van der Waals surface area contributed by atoms with E-state index in [1.165, 1.54) is 147 Å². The Labute approximate surface area is 306 Å². The third-order valence-electron chi connectivity index (χ3n) is 10.5. The maximum atomic E-state index is 13.0. The molecule has 0 saturated heterocycles. The van der Waals surface area contributed by atoms with Gasteiger partial charge in [0.1, 0.15) is 5.82 Å². The average Bonchev–Trinajstić information content (AvgIpc) is 3.53. The van der Waals surface area contributed by atoms with Crippen LogP contribution in [0.5, 0.6) is 0 Å². The van der Waals surface area contributed by atoms with Gasteiger partial charge < -0.3 is 9.30 Å². The Morgan fingerprint density at radius 3 is 1.71 bits per heavy atom. The molecule has 0 amide bonds. The highest BCUT2D eigenvalue weighted by molar-refractivity contribution is 5.72. The van der Waals surface area contributed by atoms with Crippen molar-refractivity contribution in [2.24, 2.45) is 11.8 Å². The van der Waals surface area contributed by atoms with Gasteiger partial charge in [0.2, 0.25) is 0 Å². The summed E-state index contributed by atoms with van der Waals surface area (Å²) in [6.07, 6.45) is 39.8. The molecular weight excluding hydrogens is 603 g/mol. The Kier molecular flexibility index (Phi) is 31.5. The third kappa shape index (κ3) is 26.1. The number of esters is 1. The van der Waals surface area contributed by atoms with Gasteiger partial charge in [0, 0.05) is 25.5 Å². The van der Waals surface area contributed by atoms with Gasteiger partial charge in [-0.2, -0.15) is 0 Å². The molecule has 0 radical (unpaired) electrons. The molecule has 1 heterocycles. The second-order valence-corrected chi connectivity index (χ2v) is 15.5. The predicted molar refractivity (Wildman–Crippen MR) is 213 cm³/mol. The summed E-state index contributed by atoms with van der Waals surface area (Å²) in [6, 6.07) is 0. The number of imidazole rings is 1. The van der Waals surface area contributed by atoms with Gasteiger partial charge in [0.05, 0.1) is 19.1 Å². The molecule has 0 saturated carbocycles. The second kappa shape index (κ2) is 33.8. The van der Waals surface area contributed by atoms with Crippen LogP contribution in [0, 0.1) is 11.8 Å². The maximum Gasteiger partial charge on any atom is 0.308 e. The van der Waals surface area contributed by atoms with E-state index in [9.17, 15) is 4.79 Å². The largest absolute Gasteiger partial charge is 0.465 e. The maximum absolute atomic E-state index is 13.0. The topological polar surface area (TPSA) is 47.4 Å². The summed E-state index contributed by atoms with van der Waals surface area (Å²) in [5.41, 5.74) is 0. The van der Waals surface area contributed by atoms with Gasteiger partial charge in [0.15, 0.2) is 0 Å². The molecule has 288 valence electrons. The molecule has 49 heavy (non-hydrogen) atoms. The minimum atomic E-state index is 0.0789. The van der Waals surface area contributed by atoms with E-state index >= 15 is 0 Å². The third-order valence-corrected chi connectivity index (χ3v) is 10.5. The number of carbonyl (C=O) groups excluding carboxylic acids is 1. The summed E-state index contributed by atoms with van der Waals surface area (Å²) in [6.45, 7) is 16.4. The number of hydrogen-bond acceptors (Lipinski definition) is 4. The van der Waals surface area contributed by atoms with E-state index < -0.39 is 0 Å². The van der Waals surface area contributed by atoms with Crippen LogP contribution in [0.1, 0.15) is 220 Å². The minimum Gasteiger partial charge on any atom is -0.465 e. The molecule has 1 aromatic rings. The van der Waals surface area contributed by atoms with Crippen LogP contribution in [0.4, 0.5) is 0 Å². The molecule has 2 atom stereocenters. The van der Waals surface area contributed by atoms with Crippen molar-refractivity contribution in [3.8, 4) is 0 Å². The second-order valence-electron chi connectivity index (χ2n) is 15.5. The summed E-state index contributed by atoms with van der Waals surface area (Å²) in [5.74, 6) is 2.12.